The molecular formula is C18H25ClF2N2O3. The quantitative estimate of drug-likeness (QED) is 0.811. The molecule has 1 aliphatic heterocycles. The Balaban J connectivity index is 0.00000243. The number of piperidine rings is 1. The van der Waals surface area contributed by atoms with E-state index in [0.717, 1.165) is 37.9 Å². The molecule has 146 valence electrons. The predicted molar refractivity (Wildman–Crippen MR) is 96.0 cm³/mol. The maximum Gasteiger partial charge on any atom is 0.387 e. The van der Waals surface area contributed by atoms with Crippen molar-refractivity contribution in [2.75, 3.05) is 27.2 Å². The van der Waals surface area contributed by atoms with Crippen LogP contribution in [0.25, 0.3) is 0 Å². The molecule has 2 aliphatic rings. The summed E-state index contributed by atoms with van der Waals surface area (Å²) in [4.78, 5) is 14.4. The van der Waals surface area contributed by atoms with Gasteiger partial charge in [0.25, 0.3) is 0 Å². The zero-order valence-corrected chi connectivity index (χ0v) is 15.8. The molecule has 1 spiro atoms. The highest BCUT2D eigenvalue weighted by Crippen LogP contribution is 2.59. The molecule has 0 bridgehead atoms. The molecule has 1 N–H and O–H groups in total. The van der Waals surface area contributed by atoms with Gasteiger partial charge in [0.05, 0.1) is 7.11 Å². The lowest BCUT2D eigenvalue weighted by Gasteiger charge is -2.25. The second-order valence-electron chi connectivity index (χ2n) is 6.93. The zero-order chi connectivity index (χ0) is 18.0. The number of amides is 1. The summed E-state index contributed by atoms with van der Waals surface area (Å²) in [5.41, 5.74) is 0.910. The van der Waals surface area contributed by atoms with Crippen LogP contribution in [0.1, 0.15) is 24.8 Å². The first-order valence-corrected chi connectivity index (χ1v) is 8.52. The van der Waals surface area contributed by atoms with Crippen LogP contribution in [0.2, 0.25) is 0 Å². The lowest BCUT2D eigenvalue weighted by Crippen LogP contribution is -2.34. The first-order valence-electron chi connectivity index (χ1n) is 8.52. The molecule has 0 aromatic heterocycles. The smallest absolute Gasteiger partial charge is 0.387 e. The molecule has 1 aliphatic carbocycles. The number of methoxy groups -OCH3 is 1. The van der Waals surface area contributed by atoms with Gasteiger partial charge >= 0.3 is 6.61 Å². The third kappa shape index (κ3) is 4.38. The number of halogens is 3. The number of hydrogen-bond donors (Lipinski definition) is 1. The average Bonchev–Trinajstić information content (AvgIpc) is 3.27. The Hall–Kier alpha value is -1.60. The van der Waals surface area contributed by atoms with Crippen molar-refractivity contribution in [3.63, 3.8) is 0 Å². The first kappa shape index (κ1) is 20.7. The van der Waals surface area contributed by atoms with Crippen molar-refractivity contribution in [1.29, 1.82) is 0 Å². The zero-order valence-electron chi connectivity index (χ0n) is 15.0. The van der Waals surface area contributed by atoms with Gasteiger partial charge in [-0.2, -0.15) is 8.78 Å². The molecule has 26 heavy (non-hydrogen) atoms. The van der Waals surface area contributed by atoms with Crippen LogP contribution in [0, 0.1) is 11.3 Å². The largest absolute Gasteiger partial charge is 0.493 e. The van der Waals surface area contributed by atoms with Crippen LogP contribution in [0.3, 0.4) is 0 Å². The fourth-order valence-corrected chi connectivity index (χ4v) is 3.80. The third-order valence-corrected chi connectivity index (χ3v) is 5.33. The van der Waals surface area contributed by atoms with Gasteiger partial charge in [-0.25, -0.2) is 0 Å². The van der Waals surface area contributed by atoms with E-state index in [9.17, 15) is 13.6 Å². The number of carbonyl (C=O) groups is 1. The summed E-state index contributed by atoms with van der Waals surface area (Å²) in [5, 5.41) is 3.33. The summed E-state index contributed by atoms with van der Waals surface area (Å²) >= 11 is 0. The minimum Gasteiger partial charge on any atom is -0.493 e. The van der Waals surface area contributed by atoms with Gasteiger partial charge in [-0.15, -0.1) is 12.4 Å². The van der Waals surface area contributed by atoms with Crippen molar-refractivity contribution in [2.24, 2.45) is 11.3 Å². The topological polar surface area (TPSA) is 50.8 Å². The molecule has 2 fully saturated rings. The van der Waals surface area contributed by atoms with Gasteiger partial charge in [0, 0.05) is 19.5 Å². The summed E-state index contributed by atoms with van der Waals surface area (Å²) in [6, 6.07) is 4.84. The lowest BCUT2D eigenvalue weighted by atomic mass is 9.91. The van der Waals surface area contributed by atoms with Crippen LogP contribution in [-0.2, 0) is 11.3 Å². The molecule has 8 heteroatoms. The molecule has 1 atom stereocenters. The van der Waals surface area contributed by atoms with E-state index in [1.165, 1.54) is 13.2 Å². The van der Waals surface area contributed by atoms with Crippen molar-refractivity contribution in [1.82, 2.24) is 10.2 Å². The Morgan fingerprint density at radius 3 is 2.65 bits per heavy atom. The predicted octanol–water partition coefficient (Wildman–Crippen LogP) is 3.07. The number of carbonyl (C=O) groups excluding carboxylic acids is 1. The van der Waals surface area contributed by atoms with Gasteiger partial charge < -0.3 is 19.7 Å². The van der Waals surface area contributed by atoms with E-state index in [4.69, 9.17) is 4.74 Å². The van der Waals surface area contributed by atoms with Gasteiger partial charge in [0.15, 0.2) is 11.5 Å². The van der Waals surface area contributed by atoms with Crippen LogP contribution in [0.5, 0.6) is 11.5 Å². The number of rotatable bonds is 6. The monoisotopic (exact) mass is 390 g/mol. The van der Waals surface area contributed by atoms with Crippen LogP contribution in [0.4, 0.5) is 8.78 Å². The maximum atomic E-state index is 12.7. The van der Waals surface area contributed by atoms with E-state index in [2.05, 4.69) is 10.1 Å². The Morgan fingerprint density at radius 1 is 1.35 bits per heavy atom. The number of nitrogens with one attached hydrogen (secondary N) is 1. The number of ether oxygens (including phenoxy) is 2. The molecule has 1 saturated carbocycles. The van der Waals surface area contributed by atoms with Gasteiger partial charge in [-0.3, -0.25) is 4.79 Å². The highest BCUT2D eigenvalue weighted by molar-refractivity contribution is 5.85. The Labute approximate surface area is 158 Å². The summed E-state index contributed by atoms with van der Waals surface area (Å²) in [5.74, 6) is 0.453. The second-order valence-corrected chi connectivity index (χ2v) is 6.93. The summed E-state index contributed by atoms with van der Waals surface area (Å²) < 4.78 is 34.6. The van der Waals surface area contributed by atoms with Gasteiger partial charge in [-0.05, 0) is 55.5 Å². The molecule has 1 aromatic carbocycles. The molecule has 1 saturated heterocycles. The molecule has 1 unspecified atom stereocenters. The Kier molecular flexibility index (Phi) is 6.69. The van der Waals surface area contributed by atoms with Gasteiger partial charge in [0.2, 0.25) is 5.91 Å². The molecular weight excluding hydrogens is 366 g/mol. The average molecular weight is 391 g/mol. The van der Waals surface area contributed by atoms with E-state index >= 15 is 0 Å². The van der Waals surface area contributed by atoms with E-state index in [1.54, 1.807) is 24.1 Å². The van der Waals surface area contributed by atoms with Crippen molar-refractivity contribution in [2.45, 2.75) is 32.4 Å². The highest BCUT2D eigenvalue weighted by atomic mass is 35.5. The lowest BCUT2D eigenvalue weighted by molar-refractivity contribution is -0.132. The fourth-order valence-electron chi connectivity index (χ4n) is 3.80. The third-order valence-electron chi connectivity index (χ3n) is 5.33. The van der Waals surface area contributed by atoms with E-state index < -0.39 is 6.61 Å². The number of hydrogen-bond acceptors (Lipinski definition) is 4. The molecule has 1 heterocycles. The Bertz CT molecular complexity index is 639. The van der Waals surface area contributed by atoms with Crippen molar-refractivity contribution >= 4 is 18.3 Å². The molecule has 3 rings (SSSR count). The Morgan fingerprint density at radius 2 is 2.04 bits per heavy atom. The molecule has 5 nitrogen and oxygen atoms in total. The first-order chi connectivity index (χ1) is 11.9. The van der Waals surface area contributed by atoms with Crippen molar-refractivity contribution < 1.29 is 23.0 Å². The van der Waals surface area contributed by atoms with Gasteiger partial charge in [0.1, 0.15) is 0 Å². The SMILES string of the molecule is COc1ccc(CN(C)C(=O)C2CC23CCNCC3)cc1OC(F)F.Cl. The van der Waals surface area contributed by atoms with Crippen LogP contribution in [0.15, 0.2) is 18.2 Å². The van der Waals surface area contributed by atoms with Gasteiger partial charge in [-0.1, -0.05) is 6.07 Å². The molecule has 1 amide bonds. The van der Waals surface area contributed by atoms with E-state index in [1.807, 2.05) is 0 Å². The fraction of sp³-hybridized carbons (Fsp3) is 0.611. The molecule has 1 aromatic rings. The number of nitrogens with zero attached hydrogens (tertiary/aromatic N) is 1. The van der Waals surface area contributed by atoms with E-state index in [0.29, 0.717) is 6.54 Å². The summed E-state index contributed by atoms with van der Waals surface area (Å²) in [7, 11) is 3.15. The van der Waals surface area contributed by atoms with E-state index in [-0.39, 0.29) is 41.1 Å². The number of benzene rings is 1. The highest BCUT2D eigenvalue weighted by Gasteiger charge is 2.58. The van der Waals surface area contributed by atoms with Crippen LogP contribution in [-0.4, -0.2) is 44.7 Å². The maximum absolute atomic E-state index is 12.7. The summed E-state index contributed by atoms with van der Waals surface area (Å²) in [6.45, 7) is -0.622. The van der Waals surface area contributed by atoms with Crippen LogP contribution < -0.4 is 14.8 Å². The number of alkyl halides is 2. The van der Waals surface area contributed by atoms with Crippen LogP contribution >= 0.6 is 12.4 Å². The second kappa shape index (κ2) is 8.39. The minimum atomic E-state index is -2.92. The van der Waals surface area contributed by atoms with Crippen molar-refractivity contribution in [3.05, 3.63) is 23.8 Å². The normalized spacial score (nSPS) is 20.4. The summed E-state index contributed by atoms with van der Waals surface area (Å²) in [6.07, 6.45) is 3.05. The minimum absolute atomic E-state index is 0. The molecule has 0 radical (unpaired) electrons. The standard InChI is InChI=1S/C18H24F2N2O3.ClH/c1-22(16(23)13-10-18(13)5-7-21-8-6-18)11-12-3-4-14(24-2)15(9-12)25-17(19)20;/h3-4,9,13,17,21H,5-8,10-11H2,1-2H3;1H. The van der Waals surface area contributed by atoms with Crippen molar-refractivity contribution in [3.8, 4) is 11.5 Å².